The Morgan fingerprint density at radius 1 is 1.30 bits per heavy atom. The Morgan fingerprint density at radius 2 is 2.04 bits per heavy atom. The van der Waals surface area contributed by atoms with Crippen LogP contribution < -0.4 is 9.47 Å². The number of aliphatic carboxylic acids is 1. The number of carboxylic acids is 1. The molecule has 0 unspecified atom stereocenters. The van der Waals surface area contributed by atoms with Crippen LogP contribution in [0.3, 0.4) is 0 Å². The first-order chi connectivity index (χ1) is 11.1. The summed E-state index contributed by atoms with van der Waals surface area (Å²) in [6.45, 7) is 6.09. The molecule has 1 N–H and O–H groups in total. The zero-order valence-electron chi connectivity index (χ0n) is 13.5. The molecule has 1 aliphatic heterocycles. The maximum Gasteiger partial charge on any atom is 0.303 e. The second-order valence-electron chi connectivity index (χ2n) is 5.63. The third-order valence-electron chi connectivity index (χ3n) is 3.85. The third-order valence-corrected chi connectivity index (χ3v) is 4.13. The Bertz CT molecular complexity index is 530. The zero-order chi connectivity index (χ0) is 16.7. The Kier molecular flexibility index (Phi) is 6.99. The number of rotatable bonds is 9. The number of halogens is 1. The highest BCUT2D eigenvalue weighted by molar-refractivity contribution is 6.32. The van der Waals surface area contributed by atoms with E-state index in [2.05, 4.69) is 4.90 Å². The number of carbonyl (C=O) groups is 1. The van der Waals surface area contributed by atoms with Gasteiger partial charge in [-0.2, -0.15) is 0 Å². The first-order valence-corrected chi connectivity index (χ1v) is 8.50. The summed E-state index contributed by atoms with van der Waals surface area (Å²) in [5.41, 5.74) is 0.841. The van der Waals surface area contributed by atoms with E-state index in [0.717, 1.165) is 25.2 Å². The largest absolute Gasteiger partial charge is 0.490 e. The molecule has 23 heavy (non-hydrogen) atoms. The molecule has 1 aromatic carbocycles. The molecule has 6 heteroatoms. The normalized spacial score (nSPS) is 14.9. The predicted molar refractivity (Wildman–Crippen MR) is 89.7 cm³/mol. The van der Waals surface area contributed by atoms with E-state index in [4.69, 9.17) is 26.2 Å². The number of likely N-dealkylation sites (tertiary alicyclic amines) is 1. The van der Waals surface area contributed by atoms with Crippen molar-refractivity contribution in [2.24, 2.45) is 0 Å². The Balaban J connectivity index is 2.02. The summed E-state index contributed by atoms with van der Waals surface area (Å²) in [4.78, 5) is 13.1. The second kappa shape index (κ2) is 8.99. The van der Waals surface area contributed by atoms with Gasteiger partial charge in [-0.1, -0.05) is 11.6 Å². The van der Waals surface area contributed by atoms with Gasteiger partial charge in [-0.3, -0.25) is 9.69 Å². The molecule has 0 aliphatic carbocycles. The predicted octanol–water partition coefficient (Wildman–Crippen LogP) is 3.23. The van der Waals surface area contributed by atoms with Gasteiger partial charge in [0, 0.05) is 13.0 Å². The summed E-state index contributed by atoms with van der Waals surface area (Å²) in [6.07, 6.45) is 2.99. The van der Waals surface area contributed by atoms with Crippen molar-refractivity contribution in [3.05, 3.63) is 22.7 Å². The molecule has 2 rings (SSSR count). The van der Waals surface area contributed by atoms with E-state index in [1.165, 1.54) is 12.8 Å². The van der Waals surface area contributed by atoms with Crippen LogP contribution in [0.5, 0.6) is 11.5 Å². The minimum Gasteiger partial charge on any atom is -0.490 e. The fourth-order valence-electron chi connectivity index (χ4n) is 2.70. The fourth-order valence-corrected chi connectivity index (χ4v) is 2.99. The van der Waals surface area contributed by atoms with Gasteiger partial charge in [0.05, 0.1) is 11.6 Å². The standard InChI is InChI=1S/C17H24ClNO4/c1-2-22-15-12-13(5-6-16(20)21)11-14(18)17(15)23-10-9-19-7-3-4-8-19/h11-12H,2-10H2,1H3,(H,20,21). The molecule has 1 fully saturated rings. The molecule has 0 atom stereocenters. The number of hydrogen-bond donors (Lipinski definition) is 1. The first-order valence-electron chi connectivity index (χ1n) is 8.12. The quantitative estimate of drug-likeness (QED) is 0.747. The van der Waals surface area contributed by atoms with Crippen molar-refractivity contribution in [2.75, 3.05) is 32.8 Å². The van der Waals surface area contributed by atoms with Gasteiger partial charge in [-0.05, 0) is 57.0 Å². The summed E-state index contributed by atoms with van der Waals surface area (Å²) in [5.74, 6) is 0.304. The Hall–Kier alpha value is -1.46. The molecule has 0 aromatic heterocycles. The summed E-state index contributed by atoms with van der Waals surface area (Å²) in [7, 11) is 0. The van der Waals surface area contributed by atoms with E-state index in [1.807, 2.05) is 13.0 Å². The number of benzene rings is 1. The van der Waals surface area contributed by atoms with E-state index < -0.39 is 5.97 Å². The molecule has 128 valence electrons. The first kappa shape index (κ1) is 17.9. The van der Waals surface area contributed by atoms with Gasteiger partial charge < -0.3 is 14.6 Å². The van der Waals surface area contributed by atoms with Crippen LogP contribution in [0.2, 0.25) is 5.02 Å². The lowest BCUT2D eigenvalue weighted by molar-refractivity contribution is -0.136. The molecule has 0 amide bonds. The molecule has 1 aliphatic rings. The van der Waals surface area contributed by atoms with Gasteiger partial charge in [0.1, 0.15) is 6.61 Å². The van der Waals surface area contributed by atoms with Crippen LogP contribution in [0.15, 0.2) is 12.1 Å². The van der Waals surface area contributed by atoms with E-state index >= 15 is 0 Å². The molecule has 5 nitrogen and oxygen atoms in total. The fraction of sp³-hybridized carbons (Fsp3) is 0.588. The summed E-state index contributed by atoms with van der Waals surface area (Å²) < 4.78 is 11.5. The van der Waals surface area contributed by atoms with Gasteiger partial charge in [0.25, 0.3) is 0 Å². The molecule has 0 spiro atoms. The van der Waals surface area contributed by atoms with Gasteiger partial charge in [-0.25, -0.2) is 0 Å². The van der Waals surface area contributed by atoms with Crippen molar-refractivity contribution in [1.82, 2.24) is 4.90 Å². The summed E-state index contributed by atoms with van der Waals surface area (Å²) >= 11 is 6.31. The van der Waals surface area contributed by atoms with Gasteiger partial charge in [-0.15, -0.1) is 0 Å². The smallest absolute Gasteiger partial charge is 0.303 e. The highest BCUT2D eigenvalue weighted by Crippen LogP contribution is 2.37. The van der Waals surface area contributed by atoms with Crippen LogP contribution >= 0.6 is 11.6 Å². The van der Waals surface area contributed by atoms with Crippen molar-refractivity contribution in [2.45, 2.75) is 32.6 Å². The minimum atomic E-state index is -0.829. The lowest BCUT2D eigenvalue weighted by atomic mass is 10.1. The maximum atomic E-state index is 10.7. The van der Waals surface area contributed by atoms with Gasteiger partial charge >= 0.3 is 5.97 Å². The van der Waals surface area contributed by atoms with Crippen molar-refractivity contribution in [3.8, 4) is 11.5 Å². The monoisotopic (exact) mass is 341 g/mol. The van der Waals surface area contributed by atoms with Crippen LogP contribution in [0.1, 0.15) is 31.7 Å². The highest BCUT2D eigenvalue weighted by Gasteiger charge is 2.15. The maximum absolute atomic E-state index is 10.7. The van der Waals surface area contributed by atoms with Gasteiger partial charge in [0.2, 0.25) is 0 Å². The van der Waals surface area contributed by atoms with E-state index in [0.29, 0.717) is 36.2 Å². The lowest BCUT2D eigenvalue weighted by Crippen LogP contribution is -2.25. The van der Waals surface area contributed by atoms with Crippen molar-refractivity contribution < 1.29 is 19.4 Å². The molecule has 1 aromatic rings. The number of carboxylic acid groups (broad SMARTS) is 1. The van der Waals surface area contributed by atoms with E-state index in [9.17, 15) is 4.79 Å². The van der Waals surface area contributed by atoms with Crippen molar-refractivity contribution in [1.29, 1.82) is 0 Å². The number of aryl methyl sites for hydroxylation is 1. The molecule has 0 bridgehead atoms. The molecule has 1 saturated heterocycles. The van der Waals surface area contributed by atoms with E-state index in [-0.39, 0.29) is 6.42 Å². The minimum absolute atomic E-state index is 0.0665. The zero-order valence-corrected chi connectivity index (χ0v) is 14.3. The van der Waals surface area contributed by atoms with Crippen LogP contribution in [0.25, 0.3) is 0 Å². The number of hydrogen-bond acceptors (Lipinski definition) is 4. The molecule has 1 heterocycles. The van der Waals surface area contributed by atoms with Crippen LogP contribution in [0, 0.1) is 0 Å². The number of ether oxygens (including phenoxy) is 2. The lowest BCUT2D eigenvalue weighted by Gasteiger charge is -2.18. The topological polar surface area (TPSA) is 59.0 Å². The molecular formula is C17H24ClNO4. The SMILES string of the molecule is CCOc1cc(CCC(=O)O)cc(Cl)c1OCCN1CCCC1. The summed E-state index contributed by atoms with van der Waals surface area (Å²) in [5, 5.41) is 9.27. The van der Waals surface area contributed by atoms with Crippen LogP contribution in [-0.2, 0) is 11.2 Å². The highest BCUT2D eigenvalue weighted by atomic mass is 35.5. The molecular weight excluding hydrogens is 318 g/mol. The Morgan fingerprint density at radius 3 is 2.70 bits per heavy atom. The van der Waals surface area contributed by atoms with Crippen LogP contribution in [0.4, 0.5) is 0 Å². The van der Waals surface area contributed by atoms with Crippen LogP contribution in [-0.4, -0.2) is 48.8 Å². The average molecular weight is 342 g/mol. The summed E-state index contributed by atoms with van der Waals surface area (Å²) in [6, 6.07) is 3.59. The second-order valence-corrected chi connectivity index (χ2v) is 6.04. The third kappa shape index (κ3) is 5.59. The molecule has 0 saturated carbocycles. The Labute approximate surface area is 142 Å². The van der Waals surface area contributed by atoms with Crippen molar-refractivity contribution in [3.63, 3.8) is 0 Å². The van der Waals surface area contributed by atoms with Gasteiger partial charge in [0.15, 0.2) is 11.5 Å². The van der Waals surface area contributed by atoms with Crippen molar-refractivity contribution >= 4 is 17.6 Å². The molecule has 0 radical (unpaired) electrons. The van der Waals surface area contributed by atoms with E-state index in [1.54, 1.807) is 6.07 Å². The number of nitrogens with zero attached hydrogens (tertiary/aromatic N) is 1. The average Bonchev–Trinajstić information content (AvgIpc) is 3.01.